The van der Waals surface area contributed by atoms with Crippen LogP contribution in [0.3, 0.4) is 0 Å². The number of sulfonamides is 1. The Hall–Kier alpha value is -2.45. The number of anilines is 1. The molecule has 0 aliphatic rings. The molecule has 2 heterocycles. The van der Waals surface area contributed by atoms with Gasteiger partial charge >= 0.3 is 0 Å². The molecular weight excluding hydrogens is 290 g/mol. The van der Waals surface area contributed by atoms with Gasteiger partial charge in [-0.25, -0.2) is 8.42 Å². The number of nitrogens with one attached hydrogen (secondary N) is 2. The summed E-state index contributed by atoms with van der Waals surface area (Å²) in [4.78, 5) is 4.31. The predicted molar refractivity (Wildman–Crippen MR) is 79.0 cm³/mol. The van der Waals surface area contributed by atoms with Gasteiger partial charge in [-0.05, 0) is 24.3 Å². The second-order valence-corrected chi connectivity index (χ2v) is 6.06. The Morgan fingerprint density at radius 3 is 2.90 bits per heavy atom. The van der Waals surface area contributed by atoms with Gasteiger partial charge in [0, 0.05) is 23.7 Å². The minimum absolute atomic E-state index is 0.158. The normalized spacial score (nSPS) is 11.7. The van der Waals surface area contributed by atoms with Crippen LogP contribution in [0.25, 0.3) is 10.9 Å². The first-order valence-electron chi connectivity index (χ1n) is 6.21. The van der Waals surface area contributed by atoms with Crippen LogP contribution in [-0.2, 0) is 16.6 Å². The van der Waals surface area contributed by atoms with Crippen LogP contribution in [0.2, 0.25) is 0 Å². The molecule has 7 nitrogen and oxygen atoms in total. The smallest absolute Gasteiger partial charge is 0.263 e. The summed E-state index contributed by atoms with van der Waals surface area (Å²) >= 11 is 0. The average molecular weight is 303 g/mol. The number of rotatable bonds is 4. The number of fused-ring (bicyclic) bond motifs is 1. The molecule has 0 aliphatic heterocycles. The van der Waals surface area contributed by atoms with Crippen LogP contribution in [-0.4, -0.2) is 23.6 Å². The first-order chi connectivity index (χ1) is 10.1. The van der Waals surface area contributed by atoms with Crippen molar-refractivity contribution in [3.8, 4) is 0 Å². The van der Waals surface area contributed by atoms with Crippen LogP contribution in [0.5, 0.6) is 0 Å². The van der Waals surface area contributed by atoms with Crippen molar-refractivity contribution in [2.45, 2.75) is 11.4 Å². The Morgan fingerprint density at radius 1 is 1.24 bits per heavy atom. The van der Waals surface area contributed by atoms with Crippen molar-refractivity contribution in [1.29, 1.82) is 0 Å². The monoisotopic (exact) mass is 303 g/mol. The van der Waals surface area contributed by atoms with Crippen molar-refractivity contribution in [2.24, 2.45) is 5.73 Å². The minimum Gasteiger partial charge on any atom is -0.326 e. The summed E-state index contributed by atoms with van der Waals surface area (Å²) in [6.45, 7) is 0.186. The largest absolute Gasteiger partial charge is 0.326 e. The number of hydrogen-bond donors (Lipinski definition) is 3. The molecule has 0 aliphatic carbocycles. The lowest BCUT2D eigenvalue weighted by molar-refractivity contribution is 0.601. The number of aromatic nitrogens is 3. The van der Waals surface area contributed by atoms with E-state index in [1.807, 2.05) is 0 Å². The van der Waals surface area contributed by atoms with E-state index in [-0.39, 0.29) is 17.3 Å². The summed E-state index contributed by atoms with van der Waals surface area (Å²) in [7, 11) is -3.76. The maximum atomic E-state index is 12.6. The number of nitrogens with two attached hydrogens (primary N) is 1. The molecule has 1 aromatic carbocycles. The highest BCUT2D eigenvalue weighted by Gasteiger charge is 2.19. The maximum absolute atomic E-state index is 12.6. The van der Waals surface area contributed by atoms with Crippen molar-refractivity contribution in [3.63, 3.8) is 0 Å². The minimum atomic E-state index is -3.76. The molecule has 3 aromatic rings. The van der Waals surface area contributed by atoms with Crippen LogP contribution >= 0.6 is 0 Å². The van der Waals surface area contributed by atoms with E-state index in [0.29, 0.717) is 16.5 Å². The second-order valence-electron chi connectivity index (χ2n) is 4.41. The molecule has 0 bridgehead atoms. The molecule has 4 N–H and O–H groups in total. The zero-order valence-corrected chi connectivity index (χ0v) is 11.8. The quantitative estimate of drug-likeness (QED) is 0.670. The highest BCUT2D eigenvalue weighted by atomic mass is 32.2. The van der Waals surface area contributed by atoms with Crippen LogP contribution in [0.15, 0.2) is 47.6 Å². The number of pyridine rings is 1. The lowest BCUT2D eigenvalue weighted by Crippen LogP contribution is -2.15. The topological polar surface area (TPSA) is 114 Å². The first-order valence-corrected chi connectivity index (χ1v) is 7.69. The molecule has 0 spiro atoms. The predicted octanol–water partition coefficient (Wildman–Crippen LogP) is 1.22. The van der Waals surface area contributed by atoms with E-state index in [1.54, 1.807) is 30.5 Å². The third-order valence-electron chi connectivity index (χ3n) is 3.07. The maximum Gasteiger partial charge on any atom is 0.263 e. The number of hydrogen-bond acceptors (Lipinski definition) is 5. The van der Waals surface area contributed by atoms with E-state index in [9.17, 15) is 8.42 Å². The van der Waals surface area contributed by atoms with E-state index in [2.05, 4.69) is 19.9 Å². The molecule has 0 fully saturated rings. The Labute approximate surface area is 121 Å². The molecule has 8 heteroatoms. The summed E-state index contributed by atoms with van der Waals surface area (Å²) in [6.07, 6.45) is 3.11. The zero-order chi connectivity index (χ0) is 14.9. The number of benzene rings is 1. The van der Waals surface area contributed by atoms with Crippen LogP contribution in [0.4, 0.5) is 5.82 Å². The zero-order valence-electron chi connectivity index (χ0n) is 10.9. The van der Waals surface area contributed by atoms with Gasteiger partial charge in [0.1, 0.15) is 5.82 Å². The van der Waals surface area contributed by atoms with E-state index < -0.39 is 10.0 Å². The van der Waals surface area contributed by atoms with Gasteiger partial charge in [-0.3, -0.25) is 14.8 Å². The van der Waals surface area contributed by atoms with Gasteiger partial charge in [0.25, 0.3) is 10.0 Å². The Bertz CT molecular complexity index is 883. The Kier molecular flexibility index (Phi) is 3.32. The highest BCUT2D eigenvalue weighted by Crippen LogP contribution is 2.24. The molecule has 2 aromatic heterocycles. The van der Waals surface area contributed by atoms with E-state index in [1.165, 1.54) is 12.3 Å². The van der Waals surface area contributed by atoms with E-state index >= 15 is 0 Å². The first kappa shape index (κ1) is 13.5. The van der Waals surface area contributed by atoms with Gasteiger partial charge in [0.2, 0.25) is 0 Å². The van der Waals surface area contributed by atoms with Crippen molar-refractivity contribution in [1.82, 2.24) is 15.2 Å². The Balaban J connectivity index is 2.09. The molecule has 0 saturated carbocycles. The molecule has 0 atom stereocenters. The van der Waals surface area contributed by atoms with Gasteiger partial charge in [-0.1, -0.05) is 6.07 Å². The standard InChI is InChI=1S/C13H13N5O2S/c14-7-9-8-16-17-13(9)18-21(19,20)12-5-1-4-11-10(12)3-2-6-15-11/h1-6,8H,7,14H2,(H2,16,17,18). The van der Waals surface area contributed by atoms with E-state index in [4.69, 9.17) is 5.73 Å². The van der Waals surface area contributed by atoms with Crippen molar-refractivity contribution in [3.05, 3.63) is 48.3 Å². The molecule has 0 radical (unpaired) electrons. The summed E-state index contributed by atoms with van der Waals surface area (Å²) in [5.41, 5.74) is 6.75. The van der Waals surface area contributed by atoms with E-state index in [0.717, 1.165) is 0 Å². The average Bonchev–Trinajstić information content (AvgIpc) is 2.93. The van der Waals surface area contributed by atoms with Gasteiger partial charge in [-0.2, -0.15) is 5.10 Å². The van der Waals surface area contributed by atoms with Crippen LogP contribution < -0.4 is 10.5 Å². The fraction of sp³-hybridized carbons (Fsp3) is 0.0769. The van der Waals surface area contributed by atoms with Gasteiger partial charge < -0.3 is 5.73 Å². The molecule has 21 heavy (non-hydrogen) atoms. The molecule has 0 amide bonds. The van der Waals surface area contributed by atoms with Crippen LogP contribution in [0.1, 0.15) is 5.56 Å². The SMILES string of the molecule is NCc1cn[nH]c1NS(=O)(=O)c1cccc2ncccc12. The number of H-pyrrole nitrogens is 1. The van der Waals surface area contributed by atoms with Gasteiger partial charge in [-0.15, -0.1) is 0 Å². The fourth-order valence-corrected chi connectivity index (χ4v) is 3.33. The molecular formula is C13H13N5O2S. The fourth-order valence-electron chi connectivity index (χ4n) is 2.05. The molecule has 108 valence electrons. The van der Waals surface area contributed by atoms with Crippen molar-refractivity contribution >= 4 is 26.7 Å². The lowest BCUT2D eigenvalue weighted by atomic mass is 10.2. The summed E-state index contributed by atoms with van der Waals surface area (Å²) in [5, 5.41) is 6.94. The molecule has 0 unspecified atom stereocenters. The summed E-state index contributed by atoms with van der Waals surface area (Å²) in [5.74, 6) is 0.276. The number of aromatic amines is 1. The highest BCUT2D eigenvalue weighted by molar-refractivity contribution is 7.93. The van der Waals surface area contributed by atoms with Crippen molar-refractivity contribution in [2.75, 3.05) is 4.72 Å². The lowest BCUT2D eigenvalue weighted by Gasteiger charge is -2.09. The third kappa shape index (κ3) is 2.46. The number of nitrogens with zero attached hydrogens (tertiary/aromatic N) is 2. The molecule has 3 rings (SSSR count). The van der Waals surface area contributed by atoms with Crippen molar-refractivity contribution < 1.29 is 8.42 Å². The summed E-state index contributed by atoms with van der Waals surface area (Å²) < 4.78 is 27.6. The Morgan fingerprint density at radius 2 is 2.10 bits per heavy atom. The second kappa shape index (κ2) is 5.15. The van der Waals surface area contributed by atoms with Gasteiger partial charge in [0.05, 0.1) is 16.6 Å². The summed E-state index contributed by atoms with van der Waals surface area (Å²) in [6, 6.07) is 8.36. The third-order valence-corrected chi connectivity index (χ3v) is 4.48. The van der Waals surface area contributed by atoms with Gasteiger partial charge in [0.15, 0.2) is 0 Å². The van der Waals surface area contributed by atoms with Crippen LogP contribution in [0, 0.1) is 0 Å². The molecule has 0 saturated heterocycles.